The lowest BCUT2D eigenvalue weighted by atomic mass is 10.2. The van der Waals surface area contributed by atoms with E-state index < -0.39 is 11.9 Å². The van der Waals surface area contributed by atoms with Gasteiger partial charge >= 0.3 is 0 Å². The maximum atomic E-state index is 13.5. The summed E-state index contributed by atoms with van der Waals surface area (Å²) in [6.07, 6.45) is -0.760. The molecule has 1 amide bonds. The summed E-state index contributed by atoms with van der Waals surface area (Å²) >= 11 is 0. The average Bonchev–Trinajstić information content (AvgIpc) is 2.31. The molecule has 94 valence electrons. The third-order valence-corrected chi connectivity index (χ3v) is 2.20. The van der Waals surface area contributed by atoms with E-state index in [0.29, 0.717) is 12.1 Å². The zero-order valence-corrected chi connectivity index (χ0v) is 9.87. The lowest BCUT2D eigenvalue weighted by molar-refractivity contribution is -0.127. The lowest BCUT2D eigenvalue weighted by Crippen LogP contribution is -2.36. The van der Waals surface area contributed by atoms with Crippen LogP contribution in [-0.2, 0) is 11.4 Å². The Morgan fingerprint density at radius 3 is 2.82 bits per heavy atom. The largest absolute Gasteiger partial charge is 0.478 e. The Kier molecular flexibility index (Phi) is 4.90. The van der Waals surface area contributed by atoms with Crippen LogP contribution in [0.1, 0.15) is 19.4 Å². The minimum atomic E-state index is -0.760. The second kappa shape index (κ2) is 6.20. The number of carbonyl (C=O) groups excluding carboxylic acids is 1. The number of amides is 1. The molecule has 1 rings (SSSR count). The van der Waals surface area contributed by atoms with E-state index in [1.54, 1.807) is 19.9 Å². The van der Waals surface area contributed by atoms with Gasteiger partial charge in [-0.25, -0.2) is 4.39 Å². The van der Waals surface area contributed by atoms with Crippen LogP contribution in [0.4, 0.5) is 4.39 Å². The van der Waals surface area contributed by atoms with Gasteiger partial charge in [0.1, 0.15) is 0 Å². The molecule has 1 atom stereocenters. The fraction of sp³-hybridized carbons (Fsp3) is 0.417. The third-order valence-electron chi connectivity index (χ3n) is 2.20. The summed E-state index contributed by atoms with van der Waals surface area (Å²) in [7, 11) is 0. The van der Waals surface area contributed by atoms with Gasteiger partial charge in [-0.15, -0.1) is 0 Å². The smallest absolute Gasteiger partial charge is 0.260 e. The molecule has 0 aliphatic rings. The molecule has 5 heteroatoms. The topological polar surface area (TPSA) is 58.6 Å². The van der Waals surface area contributed by atoms with E-state index in [4.69, 9.17) is 9.84 Å². The van der Waals surface area contributed by atoms with Gasteiger partial charge in [-0.3, -0.25) is 4.79 Å². The molecule has 1 aromatic rings. The first-order valence-electron chi connectivity index (χ1n) is 5.42. The fourth-order valence-electron chi connectivity index (χ4n) is 1.30. The maximum absolute atomic E-state index is 13.5. The Bertz CT molecular complexity index is 395. The summed E-state index contributed by atoms with van der Waals surface area (Å²) in [6, 6.07) is 4.12. The molecule has 0 heterocycles. The van der Waals surface area contributed by atoms with Gasteiger partial charge in [-0.05, 0) is 31.5 Å². The molecule has 0 aromatic heterocycles. The second-order valence-corrected chi connectivity index (χ2v) is 3.58. The van der Waals surface area contributed by atoms with Crippen LogP contribution in [0.25, 0.3) is 0 Å². The molecule has 0 saturated heterocycles. The number of hydrogen-bond donors (Lipinski definition) is 2. The molecule has 0 radical (unpaired) electrons. The number of aliphatic hydroxyl groups is 1. The van der Waals surface area contributed by atoms with Crippen molar-refractivity contribution in [2.45, 2.75) is 26.6 Å². The first kappa shape index (κ1) is 13.4. The van der Waals surface area contributed by atoms with Crippen LogP contribution in [0.3, 0.4) is 0 Å². The van der Waals surface area contributed by atoms with Gasteiger partial charge in [-0.1, -0.05) is 6.07 Å². The van der Waals surface area contributed by atoms with Gasteiger partial charge in [0.05, 0.1) is 6.61 Å². The minimum Gasteiger partial charge on any atom is -0.478 e. The normalized spacial score (nSPS) is 12.0. The van der Waals surface area contributed by atoms with Crippen LogP contribution >= 0.6 is 0 Å². The predicted molar refractivity (Wildman–Crippen MR) is 61.1 cm³/mol. The van der Waals surface area contributed by atoms with Crippen molar-refractivity contribution in [2.75, 3.05) is 6.54 Å². The number of hydrogen-bond acceptors (Lipinski definition) is 3. The number of benzene rings is 1. The number of halogens is 1. The fourth-order valence-corrected chi connectivity index (χ4v) is 1.30. The van der Waals surface area contributed by atoms with Crippen LogP contribution in [0.5, 0.6) is 5.75 Å². The Balaban J connectivity index is 2.71. The summed E-state index contributed by atoms with van der Waals surface area (Å²) in [5.41, 5.74) is 0.459. The summed E-state index contributed by atoms with van der Waals surface area (Å²) < 4.78 is 18.7. The van der Waals surface area contributed by atoms with E-state index in [2.05, 4.69) is 5.32 Å². The first-order chi connectivity index (χ1) is 8.08. The molecule has 0 bridgehead atoms. The monoisotopic (exact) mass is 241 g/mol. The van der Waals surface area contributed by atoms with Crippen molar-refractivity contribution in [1.29, 1.82) is 0 Å². The quantitative estimate of drug-likeness (QED) is 0.815. The predicted octanol–water partition coefficient (Wildman–Crippen LogP) is 1.22. The van der Waals surface area contributed by atoms with Crippen LogP contribution < -0.4 is 10.1 Å². The van der Waals surface area contributed by atoms with Crippen LogP contribution in [-0.4, -0.2) is 23.7 Å². The van der Waals surface area contributed by atoms with E-state index >= 15 is 0 Å². The van der Waals surface area contributed by atoms with E-state index in [0.717, 1.165) is 0 Å². The molecule has 2 N–H and O–H groups in total. The van der Waals surface area contributed by atoms with Crippen molar-refractivity contribution in [1.82, 2.24) is 5.32 Å². The number of likely N-dealkylation sites (N-methyl/N-ethyl adjacent to an activating group) is 1. The summed E-state index contributed by atoms with van der Waals surface area (Å²) in [6.45, 7) is 3.60. The molecule has 0 fully saturated rings. The van der Waals surface area contributed by atoms with E-state index in [9.17, 15) is 9.18 Å². The van der Waals surface area contributed by atoms with Crippen molar-refractivity contribution in [3.05, 3.63) is 29.6 Å². The molecule has 1 unspecified atom stereocenters. The molecule has 0 saturated carbocycles. The highest BCUT2D eigenvalue weighted by Crippen LogP contribution is 2.19. The van der Waals surface area contributed by atoms with Gasteiger partial charge in [0.25, 0.3) is 5.91 Å². The maximum Gasteiger partial charge on any atom is 0.260 e. The van der Waals surface area contributed by atoms with Gasteiger partial charge in [0, 0.05) is 6.54 Å². The van der Waals surface area contributed by atoms with Crippen molar-refractivity contribution >= 4 is 5.91 Å². The number of carbonyl (C=O) groups is 1. The Morgan fingerprint density at radius 2 is 2.29 bits per heavy atom. The van der Waals surface area contributed by atoms with Crippen molar-refractivity contribution < 1.29 is 19.0 Å². The molecule has 4 nitrogen and oxygen atoms in total. The Morgan fingerprint density at radius 1 is 1.59 bits per heavy atom. The van der Waals surface area contributed by atoms with Gasteiger partial charge in [-0.2, -0.15) is 0 Å². The standard InChI is InChI=1S/C12H16FNO3/c1-3-14-12(16)8(2)17-11-5-4-9(7-15)6-10(11)13/h4-6,8,15H,3,7H2,1-2H3,(H,14,16). The van der Waals surface area contributed by atoms with E-state index in [1.165, 1.54) is 12.1 Å². The number of aliphatic hydroxyl groups excluding tert-OH is 1. The van der Waals surface area contributed by atoms with Gasteiger partial charge in [0.15, 0.2) is 17.7 Å². The first-order valence-corrected chi connectivity index (χ1v) is 5.42. The van der Waals surface area contributed by atoms with E-state index in [-0.39, 0.29) is 18.3 Å². The zero-order valence-electron chi connectivity index (χ0n) is 9.87. The number of rotatable bonds is 5. The van der Waals surface area contributed by atoms with Crippen molar-refractivity contribution in [2.24, 2.45) is 0 Å². The van der Waals surface area contributed by atoms with Crippen LogP contribution in [0.15, 0.2) is 18.2 Å². The van der Waals surface area contributed by atoms with Crippen molar-refractivity contribution in [3.8, 4) is 5.75 Å². The SMILES string of the molecule is CCNC(=O)C(C)Oc1ccc(CO)cc1F. The van der Waals surface area contributed by atoms with Gasteiger partial charge in [0.2, 0.25) is 0 Å². The highest BCUT2D eigenvalue weighted by Gasteiger charge is 2.15. The molecule has 0 spiro atoms. The van der Waals surface area contributed by atoms with Crippen LogP contribution in [0, 0.1) is 5.82 Å². The van der Waals surface area contributed by atoms with Crippen LogP contribution in [0.2, 0.25) is 0 Å². The number of nitrogens with one attached hydrogen (secondary N) is 1. The van der Waals surface area contributed by atoms with E-state index in [1.807, 2.05) is 0 Å². The molecular weight excluding hydrogens is 225 g/mol. The van der Waals surface area contributed by atoms with Gasteiger partial charge < -0.3 is 15.2 Å². The average molecular weight is 241 g/mol. The Labute approximate surface area is 99.4 Å². The molecule has 0 aliphatic heterocycles. The zero-order chi connectivity index (χ0) is 12.8. The summed E-state index contributed by atoms with van der Waals surface area (Å²) in [5, 5.41) is 11.4. The highest BCUT2D eigenvalue weighted by molar-refractivity contribution is 5.80. The minimum absolute atomic E-state index is 0.000882. The molecule has 1 aromatic carbocycles. The highest BCUT2D eigenvalue weighted by atomic mass is 19.1. The van der Waals surface area contributed by atoms with Crippen molar-refractivity contribution in [3.63, 3.8) is 0 Å². The molecular formula is C12H16FNO3. The second-order valence-electron chi connectivity index (χ2n) is 3.58. The lowest BCUT2D eigenvalue weighted by Gasteiger charge is -2.14. The Hall–Kier alpha value is -1.62. The third kappa shape index (κ3) is 3.71. The molecule has 17 heavy (non-hydrogen) atoms. The molecule has 0 aliphatic carbocycles. The summed E-state index contributed by atoms with van der Waals surface area (Å²) in [5.74, 6) is -0.883. The number of ether oxygens (including phenoxy) is 1. The summed E-state index contributed by atoms with van der Waals surface area (Å²) in [4.78, 5) is 11.4.